The second kappa shape index (κ2) is 13.8. The minimum atomic E-state index is -1.20. The van der Waals surface area contributed by atoms with Gasteiger partial charge in [0.2, 0.25) is 0 Å². The second-order valence-corrected chi connectivity index (χ2v) is 10.0. The first-order chi connectivity index (χ1) is 16.3. The van der Waals surface area contributed by atoms with E-state index in [1.165, 1.54) is 69.9 Å². The highest BCUT2D eigenvalue weighted by molar-refractivity contribution is 8.76. The molecule has 0 atom stereocenters. The highest BCUT2D eigenvalue weighted by Gasteiger charge is 2.20. The van der Waals surface area contributed by atoms with Crippen molar-refractivity contribution < 1.29 is 24.3 Å². The zero-order chi connectivity index (χ0) is 25.0. The Hall–Kier alpha value is -2.74. The normalized spacial score (nSPS) is 10.8. The largest absolute Gasteiger partial charge is 0.545 e. The van der Waals surface area contributed by atoms with E-state index in [1.807, 2.05) is 0 Å². The van der Waals surface area contributed by atoms with Crippen LogP contribution in [-0.4, -0.2) is 41.2 Å². The zero-order valence-electron chi connectivity index (χ0n) is 19.8. The van der Waals surface area contributed by atoms with Gasteiger partial charge in [0, 0.05) is 15.4 Å². The van der Waals surface area contributed by atoms with Crippen molar-refractivity contribution in [1.82, 2.24) is 0 Å². The van der Waals surface area contributed by atoms with Gasteiger partial charge < -0.3 is 19.5 Å². The fourth-order valence-corrected chi connectivity index (χ4v) is 5.30. The van der Waals surface area contributed by atoms with Crippen LogP contribution < -0.4 is 5.11 Å². The van der Waals surface area contributed by atoms with Crippen LogP contribution in [0, 0.1) is 0 Å². The Bertz CT molecular complexity index is 969. The number of carbonyl (C=O) groups excluding carboxylic acids is 1. The lowest BCUT2D eigenvalue weighted by Gasteiger charge is -2.35. The predicted molar refractivity (Wildman–Crippen MR) is 138 cm³/mol. The second-order valence-electron chi connectivity index (χ2n) is 7.74. The van der Waals surface area contributed by atoms with Crippen LogP contribution in [-0.2, 0) is 6.54 Å². The van der Waals surface area contributed by atoms with Crippen LogP contribution in [0.2, 0.25) is 0 Å². The molecule has 5 nitrogen and oxygen atoms in total. The quantitative estimate of drug-likeness (QED) is 0.290. The van der Waals surface area contributed by atoms with Gasteiger partial charge in [0.15, 0.2) is 0 Å². The minimum absolute atomic E-state index is 0.144. The summed E-state index contributed by atoms with van der Waals surface area (Å²) in [5.74, 6) is -2.15. The zero-order valence-corrected chi connectivity index (χ0v) is 21.4. The van der Waals surface area contributed by atoms with E-state index in [2.05, 4.69) is 51.1 Å². The molecule has 1 N–H and O–H groups in total. The predicted octanol–water partition coefficient (Wildman–Crippen LogP) is 5.61. The lowest BCUT2D eigenvalue weighted by atomic mass is 10.2. The fraction of sp³-hybridized carbons (Fsp3) is 0.259. The summed E-state index contributed by atoms with van der Waals surface area (Å²) in [4.78, 5) is 23.1. The Labute approximate surface area is 209 Å². The lowest BCUT2D eigenvalue weighted by molar-refractivity contribution is -0.936. The number of hydrogen-bond acceptors (Lipinski definition) is 5. The number of carboxylic acid groups (broad SMARTS) is 2. The standard InChI is InChI=1S/C14H10O4S2.C13H22N/c15-13(16)9-1-5-11(6-2-9)19-20-12-7-3-10(4-8-12)14(17)18;1-4-14(5-2,6-3)12-13-10-8-7-9-11-13/h1-8H,(H,15,16)(H,17,18);7-11H,4-6,12H2,1-3H3/q;+1/p-1. The van der Waals surface area contributed by atoms with Crippen molar-refractivity contribution in [3.63, 3.8) is 0 Å². The van der Waals surface area contributed by atoms with Crippen molar-refractivity contribution in [2.75, 3.05) is 19.6 Å². The van der Waals surface area contributed by atoms with Gasteiger partial charge in [-0.3, -0.25) is 0 Å². The van der Waals surface area contributed by atoms with E-state index < -0.39 is 11.9 Å². The van der Waals surface area contributed by atoms with Crippen LogP contribution in [0.3, 0.4) is 0 Å². The first-order valence-corrected chi connectivity index (χ1v) is 13.4. The number of rotatable bonds is 10. The number of aromatic carboxylic acids is 2. The molecule has 180 valence electrons. The molecule has 0 saturated heterocycles. The first-order valence-electron chi connectivity index (χ1n) is 11.2. The summed E-state index contributed by atoms with van der Waals surface area (Å²) in [6, 6.07) is 23.8. The average molecular weight is 498 g/mol. The third-order valence-electron chi connectivity index (χ3n) is 5.80. The lowest BCUT2D eigenvalue weighted by Crippen LogP contribution is -2.46. The number of hydrogen-bond donors (Lipinski definition) is 1. The van der Waals surface area contributed by atoms with Crippen molar-refractivity contribution in [2.45, 2.75) is 37.1 Å². The maximum Gasteiger partial charge on any atom is 0.335 e. The maximum absolute atomic E-state index is 10.7. The van der Waals surface area contributed by atoms with Crippen LogP contribution >= 0.6 is 21.6 Å². The van der Waals surface area contributed by atoms with E-state index in [4.69, 9.17) is 5.11 Å². The topological polar surface area (TPSA) is 77.4 Å². The molecule has 3 rings (SSSR count). The molecule has 3 aromatic carbocycles. The number of carbonyl (C=O) groups is 2. The first kappa shape index (κ1) is 27.5. The molecule has 0 aliphatic heterocycles. The van der Waals surface area contributed by atoms with E-state index in [0.29, 0.717) is 0 Å². The Morgan fingerprint density at radius 2 is 1.18 bits per heavy atom. The third kappa shape index (κ3) is 8.56. The van der Waals surface area contributed by atoms with Gasteiger partial charge >= 0.3 is 5.97 Å². The van der Waals surface area contributed by atoms with Gasteiger partial charge in [-0.1, -0.05) is 64.1 Å². The van der Waals surface area contributed by atoms with Gasteiger partial charge in [-0.2, -0.15) is 0 Å². The molecule has 0 spiro atoms. The molecule has 34 heavy (non-hydrogen) atoms. The molecule has 0 bridgehead atoms. The highest BCUT2D eigenvalue weighted by Crippen LogP contribution is 2.37. The molecule has 0 saturated carbocycles. The van der Waals surface area contributed by atoms with Gasteiger partial charge in [0.05, 0.1) is 31.2 Å². The fourth-order valence-electron chi connectivity index (χ4n) is 3.37. The molecular weight excluding hydrogens is 466 g/mol. The third-order valence-corrected chi connectivity index (χ3v) is 8.22. The molecule has 0 aromatic heterocycles. The summed E-state index contributed by atoms with van der Waals surface area (Å²) < 4.78 is 1.20. The Morgan fingerprint density at radius 1 is 0.735 bits per heavy atom. The van der Waals surface area contributed by atoms with E-state index in [1.54, 1.807) is 36.4 Å². The Morgan fingerprint density at radius 3 is 1.56 bits per heavy atom. The number of benzene rings is 3. The van der Waals surface area contributed by atoms with Crippen LogP contribution in [0.4, 0.5) is 0 Å². The summed E-state index contributed by atoms with van der Waals surface area (Å²) in [5.41, 5.74) is 1.85. The number of nitrogens with zero attached hydrogens (tertiary/aromatic N) is 1. The van der Waals surface area contributed by atoms with Gasteiger partial charge in [-0.15, -0.1) is 0 Å². The molecule has 0 unspecified atom stereocenters. The van der Waals surface area contributed by atoms with Crippen molar-refractivity contribution >= 4 is 33.5 Å². The summed E-state index contributed by atoms with van der Waals surface area (Å²) in [6.07, 6.45) is 0. The summed E-state index contributed by atoms with van der Waals surface area (Å²) in [6.45, 7) is 11.7. The van der Waals surface area contributed by atoms with Gasteiger partial charge in [-0.05, 0) is 62.7 Å². The molecule has 0 aliphatic carbocycles. The van der Waals surface area contributed by atoms with E-state index >= 15 is 0 Å². The number of quaternary nitrogens is 1. The van der Waals surface area contributed by atoms with E-state index in [-0.39, 0.29) is 11.1 Å². The monoisotopic (exact) mass is 497 g/mol. The SMILES string of the molecule is CC[N+](CC)(CC)Cc1ccccc1.O=C([O-])c1ccc(SSc2ccc(C(=O)O)cc2)cc1. The Kier molecular flexibility index (Phi) is 11.2. The highest BCUT2D eigenvalue weighted by atomic mass is 33.1. The smallest absolute Gasteiger partial charge is 0.335 e. The molecule has 7 heteroatoms. The summed E-state index contributed by atoms with van der Waals surface area (Å²) in [5, 5.41) is 19.4. The summed E-state index contributed by atoms with van der Waals surface area (Å²) in [7, 11) is 2.93. The van der Waals surface area contributed by atoms with Crippen molar-refractivity contribution in [1.29, 1.82) is 0 Å². The van der Waals surface area contributed by atoms with Crippen LogP contribution in [0.5, 0.6) is 0 Å². The molecule has 0 aliphatic rings. The van der Waals surface area contributed by atoms with Gasteiger partial charge in [0.1, 0.15) is 6.54 Å². The summed E-state index contributed by atoms with van der Waals surface area (Å²) >= 11 is 0. The number of carboxylic acids is 2. The van der Waals surface area contributed by atoms with E-state index in [0.717, 1.165) is 9.79 Å². The van der Waals surface area contributed by atoms with Crippen molar-refractivity contribution in [3.05, 3.63) is 95.6 Å². The van der Waals surface area contributed by atoms with Crippen LogP contribution in [0.1, 0.15) is 47.1 Å². The van der Waals surface area contributed by atoms with E-state index in [9.17, 15) is 14.7 Å². The molecule has 0 radical (unpaired) electrons. The molecule has 0 amide bonds. The van der Waals surface area contributed by atoms with Crippen LogP contribution in [0.15, 0.2) is 88.7 Å². The Balaban J connectivity index is 0.000000257. The average Bonchev–Trinajstić information content (AvgIpc) is 2.87. The molecule has 0 fully saturated rings. The van der Waals surface area contributed by atoms with Gasteiger partial charge in [0.25, 0.3) is 0 Å². The molecular formula is C27H31NO4S2. The van der Waals surface area contributed by atoms with Crippen molar-refractivity contribution in [2.24, 2.45) is 0 Å². The maximum atomic E-state index is 10.7. The molecule has 3 aromatic rings. The van der Waals surface area contributed by atoms with Crippen molar-refractivity contribution in [3.8, 4) is 0 Å². The minimum Gasteiger partial charge on any atom is -0.545 e. The van der Waals surface area contributed by atoms with Crippen LogP contribution in [0.25, 0.3) is 0 Å². The van der Waals surface area contributed by atoms with Gasteiger partial charge in [-0.25, -0.2) is 4.79 Å². The molecule has 0 heterocycles.